The second-order valence-electron chi connectivity index (χ2n) is 2.72. The Hall–Kier alpha value is -1.55. The smallest absolute Gasteiger partial charge is 0.270 e. The van der Waals surface area contributed by atoms with Crippen molar-refractivity contribution in [3.8, 4) is 0 Å². The van der Waals surface area contributed by atoms with Crippen molar-refractivity contribution in [1.82, 2.24) is 0 Å². The summed E-state index contributed by atoms with van der Waals surface area (Å²) in [5.74, 6) is 0. The standard InChI is InChI=1S/C10H10ClNO3/c1-2-15-6-5-8-7-9(12(13)14)3-4-10(8)11/h3-7H,2H2,1H3/b6-5+. The zero-order valence-corrected chi connectivity index (χ0v) is 8.90. The van der Waals surface area contributed by atoms with Gasteiger partial charge < -0.3 is 4.74 Å². The first-order chi connectivity index (χ1) is 7.15. The molecule has 0 bridgehead atoms. The molecule has 0 saturated heterocycles. The minimum atomic E-state index is -0.464. The van der Waals surface area contributed by atoms with Crippen molar-refractivity contribution >= 4 is 23.4 Å². The van der Waals surface area contributed by atoms with Crippen LogP contribution < -0.4 is 0 Å². The Morgan fingerprint density at radius 3 is 2.93 bits per heavy atom. The molecule has 80 valence electrons. The summed E-state index contributed by atoms with van der Waals surface area (Å²) >= 11 is 5.85. The Balaban J connectivity index is 2.95. The molecular weight excluding hydrogens is 218 g/mol. The molecule has 15 heavy (non-hydrogen) atoms. The van der Waals surface area contributed by atoms with Crippen LogP contribution in [-0.4, -0.2) is 11.5 Å². The molecule has 0 heterocycles. The number of hydrogen-bond acceptors (Lipinski definition) is 3. The summed E-state index contributed by atoms with van der Waals surface area (Å²) in [5, 5.41) is 11.0. The van der Waals surface area contributed by atoms with Crippen LogP contribution >= 0.6 is 11.6 Å². The predicted octanol–water partition coefficient (Wildman–Crippen LogP) is 3.26. The molecule has 0 fully saturated rings. The molecule has 0 aliphatic heterocycles. The van der Waals surface area contributed by atoms with Gasteiger partial charge in [0.1, 0.15) is 0 Å². The quantitative estimate of drug-likeness (QED) is 0.451. The van der Waals surface area contributed by atoms with Gasteiger partial charge in [0.15, 0.2) is 0 Å². The third-order valence-electron chi connectivity index (χ3n) is 1.70. The highest BCUT2D eigenvalue weighted by Crippen LogP contribution is 2.23. The number of hydrogen-bond donors (Lipinski definition) is 0. The Morgan fingerprint density at radius 1 is 1.60 bits per heavy atom. The van der Waals surface area contributed by atoms with Gasteiger partial charge in [0.2, 0.25) is 0 Å². The van der Waals surface area contributed by atoms with E-state index in [0.29, 0.717) is 17.2 Å². The van der Waals surface area contributed by atoms with E-state index >= 15 is 0 Å². The summed E-state index contributed by atoms with van der Waals surface area (Å²) in [5.41, 5.74) is 0.579. The molecule has 0 unspecified atom stereocenters. The van der Waals surface area contributed by atoms with E-state index in [1.165, 1.54) is 24.5 Å². The summed E-state index contributed by atoms with van der Waals surface area (Å²) in [7, 11) is 0. The second-order valence-corrected chi connectivity index (χ2v) is 3.13. The molecule has 0 aliphatic rings. The Labute approximate surface area is 92.3 Å². The van der Waals surface area contributed by atoms with Crippen molar-refractivity contribution in [2.75, 3.05) is 6.61 Å². The van der Waals surface area contributed by atoms with E-state index in [2.05, 4.69) is 0 Å². The number of nitrogens with zero attached hydrogens (tertiary/aromatic N) is 1. The molecule has 0 spiro atoms. The molecule has 0 N–H and O–H groups in total. The van der Waals surface area contributed by atoms with Crippen LogP contribution in [0.5, 0.6) is 0 Å². The number of ether oxygens (including phenoxy) is 1. The van der Waals surface area contributed by atoms with Gasteiger partial charge >= 0.3 is 0 Å². The molecule has 0 aliphatic carbocycles. The first kappa shape index (κ1) is 11.5. The largest absolute Gasteiger partial charge is 0.501 e. The van der Waals surface area contributed by atoms with Gasteiger partial charge in [-0.1, -0.05) is 11.6 Å². The molecule has 5 heteroatoms. The minimum absolute atomic E-state index is 0.00977. The highest BCUT2D eigenvalue weighted by molar-refractivity contribution is 6.32. The molecule has 1 aromatic carbocycles. The number of benzene rings is 1. The molecule has 0 atom stereocenters. The van der Waals surface area contributed by atoms with E-state index in [4.69, 9.17) is 16.3 Å². The van der Waals surface area contributed by atoms with Gasteiger partial charge in [0.25, 0.3) is 5.69 Å². The van der Waals surface area contributed by atoms with Crippen molar-refractivity contribution in [3.63, 3.8) is 0 Å². The van der Waals surface area contributed by atoms with Crippen molar-refractivity contribution in [2.45, 2.75) is 6.92 Å². The highest BCUT2D eigenvalue weighted by atomic mass is 35.5. The van der Waals surface area contributed by atoms with E-state index in [-0.39, 0.29) is 5.69 Å². The maximum atomic E-state index is 10.5. The summed E-state index contributed by atoms with van der Waals surface area (Å²) in [6.45, 7) is 2.39. The van der Waals surface area contributed by atoms with Gasteiger partial charge in [0, 0.05) is 22.7 Å². The number of rotatable bonds is 4. The van der Waals surface area contributed by atoms with Crippen molar-refractivity contribution in [1.29, 1.82) is 0 Å². The maximum absolute atomic E-state index is 10.5. The average molecular weight is 228 g/mol. The monoisotopic (exact) mass is 227 g/mol. The van der Waals surface area contributed by atoms with Crippen LogP contribution in [-0.2, 0) is 4.74 Å². The molecule has 0 amide bonds. The molecular formula is C10H10ClNO3. The number of non-ortho nitro benzene ring substituents is 1. The fourth-order valence-corrected chi connectivity index (χ4v) is 1.17. The average Bonchev–Trinajstić information content (AvgIpc) is 2.20. The normalized spacial score (nSPS) is 10.5. The third-order valence-corrected chi connectivity index (χ3v) is 2.05. The molecule has 1 rings (SSSR count). The second kappa shape index (κ2) is 5.36. The topological polar surface area (TPSA) is 52.4 Å². The fraction of sp³-hybridized carbons (Fsp3) is 0.200. The minimum Gasteiger partial charge on any atom is -0.501 e. The summed E-state index contributed by atoms with van der Waals surface area (Å²) in [4.78, 5) is 10.0. The Bertz CT molecular complexity index is 390. The fourth-order valence-electron chi connectivity index (χ4n) is 0.990. The Morgan fingerprint density at radius 2 is 2.33 bits per heavy atom. The molecule has 0 aromatic heterocycles. The summed E-state index contributed by atoms with van der Waals surface area (Å²) < 4.78 is 4.98. The molecule has 1 aromatic rings. The lowest BCUT2D eigenvalue weighted by atomic mass is 10.2. The van der Waals surface area contributed by atoms with E-state index < -0.39 is 4.92 Å². The van der Waals surface area contributed by atoms with Crippen molar-refractivity contribution < 1.29 is 9.66 Å². The lowest BCUT2D eigenvalue weighted by Crippen LogP contribution is -1.88. The molecule has 0 radical (unpaired) electrons. The van der Waals surface area contributed by atoms with Crippen LogP contribution in [0.15, 0.2) is 24.5 Å². The lowest BCUT2D eigenvalue weighted by molar-refractivity contribution is -0.384. The molecule has 4 nitrogen and oxygen atoms in total. The van der Waals surface area contributed by atoms with Crippen LogP contribution in [0.4, 0.5) is 5.69 Å². The van der Waals surface area contributed by atoms with Gasteiger partial charge in [-0.05, 0) is 19.1 Å². The predicted molar refractivity (Wildman–Crippen MR) is 58.8 cm³/mol. The zero-order chi connectivity index (χ0) is 11.3. The molecule has 0 saturated carbocycles. The number of halogens is 1. The van der Waals surface area contributed by atoms with E-state index in [0.717, 1.165) is 0 Å². The van der Waals surface area contributed by atoms with Crippen LogP contribution in [0, 0.1) is 10.1 Å². The SMILES string of the molecule is CCO/C=C/c1cc([N+](=O)[O-])ccc1Cl. The van der Waals surface area contributed by atoms with Gasteiger partial charge in [-0.3, -0.25) is 10.1 Å². The lowest BCUT2D eigenvalue weighted by Gasteiger charge is -1.98. The van der Waals surface area contributed by atoms with Crippen molar-refractivity contribution in [3.05, 3.63) is 45.2 Å². The zero-order valence-electron chi connectivity index (χ0n) is 8.14. The van der Waals surface area contributed by atoms with Crippen LogP contribution in [0.25, 0.3) is 6.08 Å². The van der Waals surface area contributed by atoms with Crippen LogP contribution in [0.3, 0.4) is 0 Å². The van der Waals surface area contributed by atoms with Crippen LogP contribution in [0.1, 0.15) is 12.5 Å². The highest BCUT2D eigenvalue weighted by Gasteiger charge is 2.07. The third kappa shape index (κ3) is 3.25. The maximum Gasteiger partial charge on any atom is 0.270 e. The Kier molecular flexibility index (Phi) is 4.12. The van der Waals surface area contributed by atoms with Crippen molar-refractivity contribution in [2.24, 2.45) is 0 Å². The van der Waals surface area contributed by atoms with Crippen LogP contribution in [0.2, 0.25) is 5.02 Å². The number of nitro groups is 1. The van der Waals surface area contributed by atoms with E-state index in [1.807, 2.05) is 6.92 Å². The number of nitro benzene ring substituents is 1. The summed E-state index contributed by atoms with van der Waals surface area (Å²) in [6, 6.07) is 4.25. The first-order valence-corrected chi connectivity index (χ1v) is 4.75. The summed E-state index contributed by atoms with van der Waals surface area (Å²) in [6.07, 6.45) is 3.06. The van der Waals surface area contributed by atoms with Gasteiger partial charge in [0.05, 0.1) is 17.8 Å². The van der Waals surface area contributed by atoms with Gasteiger partial charge in [-0.2, -0.15) is 0 Å². The first-order valence-electron chi connectivity index (χ1n) is 4.37. The van der Waals surface area contributed by atoms with Gasteiger partial charge in [-0.15, -0.1) is 0 Å². The van der Waals surface area contributed by atoms with E-state index in [9.17, 15) is 10.1 Å². The van der Waals surface area contributed by atoms with Gasteiger partial charge in [-0.25, -0.2) is 0 Å². The van der Waals surface area contributed by atoms with E-state index in [1.54, 1.807) is 6.08 Å².